The molecule has 1 aromatic heterocycles. The number of benzene rings is 2. The Morgan fingerprint density at radius 2 is 1.76 bits per heavy atom. The quantitative estimate of drug-likeness (QED) is 0.264. The maximum Gasteiger partial charge on any atom is 0.416 e. The van der Waals surface area contributed by atoms with Gasteiger partial charge in [0.2, 0.25) is 5.91 Å². The summed E-state index contributed by atoms with van der Waals surface area (Å²) in [5.41, 5.74) is -4.31. The van der Waals surface area contributed by atoms with Crippen molar-refractivity contribution in [2.45, 2.75) is 37.8 Å². The van der Waals surface area contributed by atoms with E-state index in [1.807, 2.05) is 0 Å². The first-order chi connectivity index (χ1) is 17.9. The van der Waals surface area contributed by atoms with Crippen molar-refractivity contribution in [3.63, 3.8) is 0 Å². The fourth-order valence-corrected chi connectivity index (χ4v) is 4.10. The molecule has 0 saturated heterocycles. The highest BCUT2D eigenvalue weighted by molar-refractivity contribution is 6.04. The van der Waals surface area contributed by atoms with E-state index in [4.69, 9.17) is 4.74 Å². The highest BCUT2D eigenvalue weighted by atomic mass is 19.4. The van der Waals surface area contributed by atoms with Crippen molar-refractivity contribution in [1.29, 1.82) is 0 Å². The molecule has 5 nitrogen and oxygen atoms in total. The van der Waals surface area contributed by atoms with Gasteiger partial charge in [0.25, 0.3) is 6.43 Å². The molecule has 0 unspecified atom stereocenters. The van der Waals surface area contributed by atoms with Crippen LogP contribution in [0, 0.1) is 11.6 Å². The lowest BCUT2D eigenvalue weighted by atomic mass is 9.92. The molecule has 1 amide bonds. The molecule has 1 heterocycles. The fraction of sp³-hybridized carbons (Fsp3) is 0.269. The molecule has 0 bridgehead atoms. The van der Waals surface area contributed by atoms with E-state index in [9.17, 15) is 35.9 Å². The summed E-state index contributed by atoms with van der Waals surface area (Å²) in [7, 11) is 0. The van der Waals surface area contributed by atoms with Gasteiger partial charge < -0.3 is 10.1 Å². The Bertz CT molecular complexity index is 1380. The minimum Gasteiger partial charge on any atom is -0.462 e. The molecule has 1 aliphatic rings. The summed E-state index contributed by atoms with van der Waals surface area (Å²) in [6.45, 7) is 1.43. The van der Waals surface area contributed by atoms with Gasteiger partial charge in [0.05, 0.1) is 23.1 Å². The second-order valence-corrected chi connectivity index (χ2v) is 8.60. The fourth-order valence-electron chi connectivity index (χ4n) is 4.10. The number of hydrogen-bond acceptors (Lipinski definition) is 4. The SMILES string of the molecule is CCOC(=O)c1cc(NC(=O)C2(c3ccc(C(F)(F)F)cc3F)CC2)cc(F)c1-c1ccc(C(F)F)nc1. The number of aromatic nitrogens is 1. The van der Waals surface area contributed by atoms with Crippen LogP contribution in [0.3, 0.4) is 0 Å². The third-order valence-electron chi connectivity index (χ3n) is 6.14. The van der Waals surface area contributed by atoms with Gasteiger partial charge >= 0.3 is 12.1 Å². The molecule has 12 heteroatoms. The number of carbonyl (C=O) groups is 2. The molecule has 1 N–H and O–H groups in total. The van der Waals surface area contributed by atoms with Gasteiger partial charge in [-0.25, -0.2) is 22.4 Å². The summed E-state index contributed by atoms with van der Waals surface area (Å²) < 4.78 is 99.3. The largest absolute Gasteiger partial charge is 0.462 e. The first kappa shape index (κ1) is 27.1. The van der Waals surface area contributed by atoms with Crippen molar-refractivity contribution in [2.24, 2.45) is 0 Å². The number of amides is 1. The molecule has 0 spiro atoms. The lowest BCUT2D eigenvalue weighted by Gasteiger charge is -2.19. The standard InChI is InChI=1S/C26H19F7N2O3/c1-2-38-23(36)16-10-15(11-19(28)21(16)13-3-6-20(22(29)30)34-12-13)35-24(37)25(7-8-25)17-5-4-14(9-18(17)27)26(31,32)33/h3-6,9-12,22H,2,7-8H2,1H3,(H,35,37). The van der Waals surface area contributed by atoms with Crippen molar-refractivity contribution in [3.05, 3.63) is 82.7 Å². The molecule has 4 rings (SSSR count). The number of pyridine rings is 1. The maximum atomic E-state index is 15.3. The van der Waals surface area contributed by atoms with E-state index in [1.165, 1.54) is 6.92 Å². The second kappa shape index (κ2) is 10.1. The van der Waals surface area contributed by atoms with Crippen LogP contribution in [-0.4, -0.2) is 23.5 Å². The van der Waals surface area contributed by atoms with Crippen LogP contribution >= 0.6 is 0 Å². The summed E-state index contributed by atoms with van der Waals surface area (Å²) >= 11 is 0. The van der Waals surface area contributed by atoms with Gasteiger partial charge in [-0.15, -0.1) is 0 Å². The van der Waals surface area contributed by atoms with Crippen molar-refractivity contribution >= 4 is 17.6 Å². The summed E-state index contributed by atoms with van der Waals surface area (Å²) in [5.74, 6) is -3.99. The molecular weight excluding hydrogens is 521 g/mol. The molecule has 0 atom stereocenters. The Hall–Kier alpha value is -3.96. The van der Waals surface area contributed by atoms with Gasteiger partial charge in [-0.1, -0.05) is 12.1 Å². The van der Waals surface area contributed by atoms with Gasteiger partial charge in [-0.2, -0.15) is 13.2 Å². The van der Waals surface area contributed by atoms with Crippen molar-refractivity contribution in [2.75, 3.05) is 11.9 Å². The Labute approximate surface area is 211 Å². The number of halogens is 7. The number of nitrogens with zero attached hydrogens (tertiary/aromatic N) is 1. The minimum atomic E-state index is -4.77. The van der Waals surface area contributed by atoms with Crippen molar-refractivity contribution < 1.29 is 45.1 Å². The second-order valence-electron chi connectivity index (χ2n) is 8.60. The van der Waals surface area contributed by atoms with Crippen LogP contribution in [-0.2, 0) is 21.1 Å². The van der Waals surface area contributed by atoms with Gasteiger partial charge in [-0.3, -0.25) is 9.78 Å². The summed E-state index contributed by atoms with van der Waals surface area (Å²) in [5, 5.41) is 2.41. The van der Waals surface area contributed by atoms with Gasteiger partial charge in [0.1, 0.15) is 17.3 Å². The molecular formula is C26H19F7N2O3. The van der Waals surface area contributed by atoms with Crippen LogP contribution < -0.4 is 5.32 Å². The topological polar surface area (TPSA) is 68.3 Å². The van der Waals surface area contributed by atoms with Gasteiger partial charge in [0, 0.05) is 28.6 Å². The maximum absolute atomic E-state index is 15.3. The number of alkyl halides is 5. The smallest absolute Gasteiger partial charge is 0.416 e. The number of rotatable bonds is 7. The monoisotopic (exact) mass is 540 g/mol. The molecule has 200 valence electrons. The molecule has 3 aromatic rings. The average molecular weight is 540 g/mol. The van der Waals surface area contributed by atoms with Crippen LogP contribution in [0.5, 0.6) is 0 Å². The highest BCUT2D eigenvalue weighted by Gasteiger charge is 2.53. The molecule has 38 heavy (non-hydrogen) atoms. The van der Waals surface area contributed by atoms with E-state index in [0.29, 0.717) is 12.1 Å². The number of esters is 1. The third-order valence-corrected chi connectivity index (χ3v) is 6.14. The Morgan fingerprint density at radius 3 is 2.29 bits per heavy atom. The van der Waals surface area contributed by atoms with E-state index in [1.54, 1.807) is 0 Å². The summed E-state index contributed by atoms with van der Waals surface area (Å²) in [6, 6.07) is 5.98. The Balaban J connectivity index is 1.68. The lowest BCUT2D eigenvalue weighted by molar-refractivity contribution is -0.137. The predicted octanol–water partition coefficient (Wildman–Crippen LogP) is 6.83. The molecule has 1 saturated carbocycles. The molecule has 1 aliphatic carbocycles. The average Bonchev–Trinajstić information content (AvgIpc) is 3.65. The first-order valence-corrected chi connectivity index (χ1v) is 11.3. The van der Waals surface area contributed by atoms with Crippen LogP contribution in [0.15, 0.2) is 48.7 Å². The molecule has 0 aliphatic heterocycles. The Morgan fingerprint density at radius 1 is 1.05 bits per heavy atom. The van der Waals surface area contributed by atoms with E-state index in [2.05, 4.69) is 10.3 Å². The van der Waals surface area contributed by atoms with E-state index < -0.39 is 52.8 Å². The van der Waals surface area contributed by atoms with E-state index >= 15 is 4.39 Å². The number of anilines is 1. The molecule has 0 radical (unpaired) electrons. The molecule has 1 fully saturated rings. The zero-order chi connectivity index (χ0) is 27.8. The minimum absolute atomic E-state index is 0.00156. The van der Waals surface area contributed by atoms with Crippen LogP contribution in [0.2, 0.25) is 0 Å². The van der Waals surface area contributed by atoms with Crippen LogP contribution in [0.4, 0.5) is 36.4 Å². The summed E-state index contributed by atoms with van der Waals surface area (Å²) in [4.78, 5) is 29.3. The van der Waals surface area contributed by atoms with E-state index in [-0.39, 0.29) is 47.4 Å². The Kier molecular flexibility index (Phi) is 7.18. The number of ether oxygens (including phenoxy) is 1. The van der Waals surface area contributed by atoms with Crippen molar-refractivity contribution in [3.8, 4) is 11.1 Å². The number of hydrogen-bond donors (Lipinski definition) is 1. The van der Waals surface area contributed by atoms with E-state index in [0.717, 1.165) is 36.5 Å². The van der Waals surface area contributed by atoms with Crippen LogP contribution in [0.25, 0.3) is 11.1 Å². The highest BCUT2D eigenvalue weighted by Crippen LogP contribution is 2.50. The normalized spacial score (nSPS) is 14.3. The molecule has 2 aromatic carbocycles. The van der Waals surface area contributed by atoms with Gasteiger partial charge in [-0.05, 0) is 50.1 Å². The number of nitrogens with one attached hydrogen (secondary N) is 1. The zero-order valence-electron chi connectivity index (χ0n) is 19.6. The summed E-state index contributed by atoms with van der Waals surface area (Å²) in [6.07, 6.45) is -6.40. The van der Waals surface area contributed by atoms with Crippen LogP contribution in [0.1, 0.15) is 53.4 Å². The van der Waals surface area contributed by atoms with Crippen molar-refractivity contribution in [1.82, 2.24) is 4.98 Å². The first-order valence-electron chi connectivity index (χ1n) is 11.3. The predicted molar refractivity (Wildman–Crippen MR) is 121 cm³/mol. The lowest BCUT2D eigenvalue weighted by Crippen LogP contribution is -2.29. The van der Waals surface area contributed by atoms with Gasteiger partial charge in [0.15, 0.2) is 0 Å². The zero-order valence-corrected chi connectivity index (χ0v) is 19.6. The third kappa shape index (κ3) is 5.20. The number of carbonyl (C=O) groups excluding carboxylic acids is 2.